The molecule has 0 amide bonds. The van der Waals surface area contributed by atoms with Crippen LogP contribution >= 0.6 is 0 Å². The Bertz CT molecular complexity index is 1030. The maximum atomic E-state index is 12.2. The summed E-state index contributed by atoms with van der Waals surface area (Å²) in [5.41, 5.74) is 7.06. The topological polar surface area (TPSA) is 129 Å². The molecule has 3 rings (SSSR count). The highest BCUT2D eigenvalue weighted by molar-refractivity contribution is 5.94. The molecular weight excluding hydrogens is 386 g/mol. The van der Waals surface area contributed by atoms with Crippen molar-refractivity contribution in [3.63, 3.8) is 0 Å². The number of ether oxygens (including phenoxy) is 2. The number of nitrogens with one attached hydrogen (secondary N) is 1. The van der Waals surface area contributed by atoms with Gasteiger partial charge in [0, 0.05) is 11.3 Å². The Labute approximate surface area is 173 Å². The van der Waals surface area contributed by atoms with Crippen molar-refractivity contribution in [3.8, 4) is 5.75 Å². The van der Waals surface area contributed by atoms with Crippen LogP contribution in [-0.2, 0) is 16.1 Å². The van der Waals surface area contributed by atoms with E-state index in [-0.39, 0.29) is 30.1 Å². The van der Waals surface area contributed by atoms with Crippen LogP contribution in [0.25, 0.3) is 0 Å². The maximum Gasteiger partial charge on any atom is 0.347 e. The first-order valence-electron chi connectivity index (χ1n) is 9.17. The van der Waals surface area contributed by atoms with E-state index in [1.165, 1.54) is 6.92 Å². The molecule has 0 saturated carbocycles. The van der Waals surface area contributed by atoms with Crippen LogP contribution in [0.15, 0.2) is 54.6 Å². The Kier molecular flexibility index (Phi) is 6.53. The van der Waals surface area contributed by atoms with Crippen LogP contribution in [0, 0.1) is 0 Å². The molecule has 30 heavy (non-hydrogen) atoms. The number of rotatable bonds is 8. The van der Waals surface area contributed by atoms with Gasteiger partial charge in [-0.3, -0.25) is 4.79 Å². The van der Waals surface area contributed by atoms with Gasteiger partial charge < -0.3 is 20.5 Å². The zero-order valence-corrected chi connectivity index (χ0v) is 16.5. The zero-order valence-electron chi connectivity index (χ0n) is 16.5. The van der Waals surface area contributed by atoms with Crippen LogP contribution in [0.5, 0.6) is 5.75 Å². The minimum Gasteiger partial charge on any atom is -0.479 e. The van der Waals surface area contributed by atoms with Crippen LogP contribution in [0.1, 0.15) is 30.0 Å². The number of carbonyl (C=O) groups excluding carboxylic acids is 2. The highest BCUT2D eigenvalue weighted by atomic mass is 16.6. The van der Waals surface area contributed by atoms with Crippen molar-refractivity contribution in [2.75, 3.05) is 11.1 Å². The van der Waals surface area contributed by atoms with Crippen molar-refractivity contribution in [2.45, 2.75) is 26.6 Å². The number of benzene rings is 2. The van der Waals surface area contributed by atoms with E-state index in [0.29, 0.717) is 11.3 Å². The maximum absolute atomic E-state index is 12.2. The third-order valence-electron chi connectivity index (χ3n) is 3.98. The minimum atomic E-state index is -0.866. The van der Waals surface area contributed by atoms with Gasteiger partial charge in [-0.15, -0.1) is 0 Å². The molecule has 1 unspecified atom stereocenters. The molecule has 0 spiro atoms. The number of carbonyl (C=O) groups is 2. The molecule has 0 fully saturated rings. The smallest absolute Gasteiger partial charge is 0.347 e. The molecule has 2 aromatic carbocycles. The van der Waals surface area contributed by atoms with E-state index in [1.54, 1.807) is 31.2 Å². The van der Waals surface area contributed by atoms with E-state index in [4.69, 9.17) is 15.2 Å². The van der Waals surface area contributed by atoms with Crippen LogP contribution < -0.4 is 15.8 Å². The summed E-state index contributed by atoms with van der Waals surface area (Å²) in [6.45, 7) is 2.85. The second kappa shape index (κ2) is 9.46. The molecule has 1 heterocycles. The van der Waals surface area contributed by atoms with E-state index in [1.807, 2.05) is 30.3 Å². The van der Waals surface area contributed by atoms with Crippen molar-refractivity contribution in [1.29, 1.82) is 0 Å². The third-order valence-corrected chi connectivity index (χ3v) is 3.98. The molecule has 0 aliphatic carbocycles. The fourth-order valence-electron chi connectivity index (χ4n) is 2.48. The van der Waals surface area contributed by atoms with Gasteiger partial charge >= 0.3 is 5.97 Å². The summed E-state index contributed by atoms with van der Waals surface area (Å²) in [4.78, 5) is 35.8. The van der Waals surface area contributed by atoms with E-state index in [9.17, 15) is 9.59 Å². The monoisotopic (exact) mass is 407 g/mol. The molecule has 9 nitrogen and oxygen atoms in total. The van der Waals surface area contributed by atoms with Gasteiger partial charge in [-0.2, -0.15) is 15.0 Å². The molecule has 0 aliphatic heterocycles. The van der Waals surface area contributed by atoms with Gasteiger partial charge in [-0.05, 0) is 50.2 Å². The first-order valence-corrected chi connectivity index (χ1v) is 9.17. The fourth-order valence-corrected chi connectivity index (χ4v) is 2.48. The normalized spacial score (nSPS) is 11.4. The predicted octanol–water partition coefficient (Wildman–Crippen LogP) is 2.91. The van der Waals surface area contributed by atoms with Gasteiger partial charge in [0.15, 0.2) is 24.3 Å². The third kappa shape index (κ3) is 5.74. The average molecular weight is 407 g/mol. The molecule has 0 aliphatic rings. The Morgan fingerprint density at radius 2 is 1.73 bits per heavy atom. The number of hydrogen-bond acceptors (Lipinski definition) is 9. The van der Waals surface area contributed by atoms with E-state index >= 15 is 0 Å². The second-order valence-electron chi connectivity index (χ2n) is 6.37. The SMILES string of the molecule is CC(=O)c1ccc(OC(C)C(=O)OCc2nc(N)nc(Nc3ccccc3)n2)cc1. The van der Waals surface area contributed by atoms with Gasteiger partial charge in [-0.1, -0.05) is 18.2 Å². The standard InChI is InChI=1S/C21H21N5O4/c1-13(27)15-8-10-17(11-9-15)30-14(2)19(28)29-12-18-24-20(22)26-21(25-18)23-16-6-4-3-5-7-16/h3-11,14H,12H2,1-2H3,(H3,22,23,24,25,26). The first kappa shape index (κ1) is 20.7. The summed E-state index contributed by atoms with van der Waals surface area (Å²) in [7, 11) is 0. The minimum absolute atomic E-state index is 0.00402. The van der Waals surface area contributed by atoms with E-state index < -0.39 is 12.1 Å². The Balaban J connectivity index is 1.57. The summed E-state index contributed by atoms with van der Waals surface area (Å²) in [6.07, 6.45) is -0.866. The van der Waals surface area contributed by atoms with E-state index in [0.717, 1.165) is 5.69 Å². The Morgan fingerprint density at radius 1 is 1.03 bits per heavy atom. The van der Waals surface area contributed by atoms with Crippen molar-refractivity contribution < 1.29 is 19.1 Å². The van der Waals surface area contributed by atoms with Gasteiger partial charge in [0.2, 0.25) is 11.9 Å². The van der Waals surface area contributed by atoms with Gasteiger partial charge in [-0.25, -0.2) is 4.79 Å². The summed E-state index contributed by atoms with van der Waals surface area (Å²) in [5, 5.41) is 3.01. The van der Waals surface area contributed by atoms with Crippen LogP contribution in [0.2, 0.25) is 0 Å². The molecule has 3 N–H and O–H groups in total. The molecule has 3 aromatic rings. The van der Waals surface area contributed by atoms with Crippen molar-refractivity contribution in [1.82, 2.24) is 15.0 Å². The lowest BCUT2D eigenvalue weighted by Crippen LogP contribution is -2.26. The van der Waals surface area contributed by atoms with Crippen molar-refractivity contribution in [2.24, 2.45) is 0 Å². The zero-order chi connectivity index (χ0) is 21.5. The number of ketones is 1. The highest BCUT2D eigenvalue weighted by Crippen LogP contribution is 2.16. The molecule has 0 radical (unpaired) electrons. The molecular formula is C21H21N5O4. The highest BCUT2D eigenvalue weighted by Gasteiger charge is 2.18. The second-order valence-corrected chi connectivity index (χ2v) is 6.37. The number of para-hydroxylation sites is 1. The van der Waals surface area contributed by atoms with Crippen LogP contribution in [0.4, 0.5) is 17.6 Å². The lowest BCUT2D eigenvalue weighted by Gasteiger charge is -2.14. The van der Waals surface area contributed by atoms with Gasteiger partial charge in [0.05, 0.1) is 0 Å². The van der Waals surface area contributed by atoms with Crippen molar-refractivity contribution >= 4 is 29.3 Å². The molecule has 1 atom stereocenters. The number of nitrogens with two attached hydrogens (primary N) is 1. The number of nitrogens with zero attached hydrogens (tertiary/aromatic N) is 3. The summed E-state index contributed by atoms with van der Waals surface area (Å²) < 4.78 is 10.8. The summed E-state index contributed by atoms with van der Waals surface area (Å²) in [5.74, 6) is 0.253. The van der Waals surface area contributed by atoms with E-state index in [2.05, 4.69) is 20.3 Å². The quantitative estimate of drug-likeness (QED) is 0.427. The number of nitrogen functional groups attached to an aromatic ring is 1. The lowest BCUT2D eigenvalue weighted by molar-refractivity contribution is -0.152. The van der Waals surface area contributed by atoms with Crippen molar-refractivity contribution in [3.05, 3.63) is 66.0 Å². The number of esters is 1. The molecule has 0 bridgehead atoms. The molecule has 1 aromatic heterocycles. The molecule has 9 heteroatoms. The Morgan fingerprint density at radius 3 is 2.40 bits per heavy atom. The number of aromatic nitrogens is 3. The number of hydrogen-bond donors (Lipinski definition) is 2. The average Bonchev–Trinajstić information content (AvgIpc) is 2.72. The Hall–Kier alpha value is -4.01. The van der Waals surface area contributed by atoms with Gasteiger partial charge in [0.25, 0.3) is 0 Å². The predicted molar refractivity (Wildman–Crippen MR) is 110 cm³/mol. The lowest BCUT2D eigenvalue weighted by atomic mass is 10.1. The van der Waals surface area contributed by atoms with Crippen LogP contribution in [0.3, 0.4) is 0 Å². The fraction of sp³-hybridized carbons (Fsp3) is 0.190. The first-order chi connectivity index (χ1) is 14.4. The summed E-state index contributed by atoms with van der Waals surface area (Å²) >= 11 is 0. The van der Waals surface area contributed by atoms with Gasteiger partial charge in [0.1, 0.15) is 5.75 Å². The number of anilines is 3. The number of Topliss-reactive ketones (excluding diaryl/α,β-unsaturated/α-hetero) is 1. The summed E-state index contributed by atoms with van der Waals surface area (Å²) in [6, 6.07) is 15.8. The van der Waals surface area contributed by atoms with Crippen LogP contribution in [-0.4, -0.2) is 32.8 Å². The molecule has 0 saturated heterocycles. The molecule has 154 valence electrons. The largest absolute Gasteiger partial charge is 0.479 e.